The van der Waals surface area contributed by atoms with Crippen molar-refractivity contribution in [1.29, 1.82) is 0 Å². The lowest BCUT2D eigenvalue weighted by Gasteiger charge is -2.31. The maximum absolute atomic E-state index is 12.2. The van der Waals surface area contributed by atoms with Gasteiger partial charge in [-0.3, -0.25) is 4.79 Å². The second-order valence-electron chi connectivity index (χ2n) is 5.07. The summed E-state index contributed by atoms with van der Waals surface area (Å²) in [4.78, 5) is 16.3. The van der Waals surface area contributed by atoms with Crippen LogP contribution in [0.4, 0.5) is 0 Å². The van der Waals surface area contributed by atoms with Gasteiger partial charge in [0.1, 0.15) is 11.5 Å². The molecule has 0 bridgehead atoms. The second-order valence-corrected chi connectivity index (χ2v) is 5.07. The van der Waals surface area contributed by atoms with Gasteiger partial charge in [0.15, 0.2) is 0 Å². The lowest BCUT2D eigenvalue weighted by molar-refractivity contribution is -0.127. The molecule has 5 nitrogen and oxygen atoms in total. The van der Waals surface area contributed by atoms with Crippen LogP contribution in [0.15, 0.2) is 24.3 Å². The maximum atomic E-state index is 12.2. The van der Waals surface area contributed by atoms with Crippen LogP contribution in [0.1, 0.15) is 5.56 Å². The third kappa shape index (κ3) is 3.98. The van der Waals surface area contributed by atoms with E-state index in [0.717, 1.165) is 43.2 Å². The average molecular weight is 290 g/mol. The number of benzene rings is 1. The Morgan fingerprint density at radius 2 is 1.86 bits per heavy atom. The Kier molecular flexibility index (Phi) is 5.22. The molecular weight excluding hydrogens is 268 g/mol. The zero-order valence-electron chi connectivity index (χ0n) is 12.8. The summed E-state index contributed by atoms with van der Waals surface area (Å²) in [5.41, 5.74) is 0.833. The van der Waals surface area contributed by atoms with Crippen molar-refractivity contribution in [3.05, 3.63) is 29.8 Å². The summed E-state index contributed by atoms with van der Waals surface area (Å²) in [6.07, 6.45) is 3.38. The highest BCUT2D eigenvalue weighted by Crippen LogP contribution is 2.25. The Bertz CT molecular complexity index is 520. The van der Waals surface area contributed by atoms with E-state index >= 15 is 0 Å². The minimum atomic E-state index is 0.0352. The van der Waals surface area contributed by atoms with Crippen LogP contribution in [0.5, 0.6) is 11.5 Å². The van der Waals surface area contributed by atoms with E-state index in [0.29, 0.717) is 0 Å². The SMILES string of the molecule is COc1ccc(OC)c(C=CC(=O)N2CCN(C)CC2)c1. The molecule has 0 aromatic heterocycles. The number of piperazine rings is 1. The van der Waals surface area contributed by atoms with Crippen molar-refractivity contribution in [2.24, 2.45) is 0 Å². The van der Waals surface area contributed by atoms with Gasteiger partial charge in [-0.15, -0.1) is 0 Å². The van der Waals surface area contributed by atoms with Gasteiger partial charge in [-0.1, -0.05) is 0 Å². The predicted octanol–water partition coefficient (Wildman–Crippen LogP) is 1.49. The molecule has 2 rings (SSSR count). The van der Waals surface area contributed by atoms with Gasteiger partial charge in [0.2, 0.25) is 5.91 Å². The fourth-order valence-corrected chi connectivity index (χ4v) is 2.26. The van der Waals surface area contributed by atoms with Crippen molar-refractivity contribution in [3.63, 3.8) is 0 Å². The number of hydrogen-bond acceptors (Lipinski definition) is 4. The molecular formula is C16H22N2O3. The van der Waals surface area contributed by atoms with E-state index in [9.17, 15) is 4.79 Å². The van der Waals surface area contributed by atoms with E-state index in [1.54, 1.807) is 26.4 Å². The molecule has 1 aromatic carbocycles. The van der Waals surface area contributed by atoms with Gasteiger partial charge in [0, 0.05) is 37.8 Å². The first-order valence-electron chi connectivity index (χ1n) is 7.01. The molecule has 114 valence electrons. The molecule has 1 heterocycles. The molecule has 0 saturated carbocycles. The highest BCUT2D eigenvalue weighted by molar-refractivity contribution is 5.92. The fourth-order valence-electron chi connectivity index (χ4n) is 2.26. The summed E-state index contributed by atoms with van der Waals surface area (Å²) in [5.74, 6) is 1.49. The van der Waals surface area contributed by atoms with Crippen LogP contribution in [-0.4, -0.2) is 63.2 Å². The molecule has 0 aliphatic carbocycles. The van der Waals surface area contributed by atoms with Gasteiger partial charge in [-0.2, -0.15) is 0 Å². The molecule has 1 saturated heterocycles. The predicted molar refractivity (Wildman–Crippen MR) is 82.7 cm³/mol. The van der Waals surface area contributed by atoms with Gasteiger partial charge in [-0.25, -0.2) is 0 Å². The van der Waals surface area contributed by atoms with Crippen molar-refractivity contribution < 1.29 is 14.3 Å². The second kappa shape index (κ2) is 7.13. The Hall–Kier alpha value is -2.01. The first-order valence-corrected chi connectivity index (χ1v) is 7.01. The third-order valence-electron chi connectivity index (χ3n) is 3.66. The summed E-state index contributed by atoms with van der Waals surface area (Å²) in [7, 11) is 5.30. The third-order valence-corrected chi connectivity index (χ3v) is 3.66. The average Bonchev–Trinajstić information content (AvgIpc) is 2.52. The minimum Gasteiger partial charge on any atom is -0.497 e. The zero-order valence-corrected chi connectivity index (χ0v) is 12.8. The Morgan fingerprint density at radius 3 is 2.48 bits per heavy atom. The summed E-state index contributed by atoms with van der Waals surface area (Å²) < 4.78 is 10.5. The first-order chi connectivity index (χ1) is 10.1. The van der Waals surface area contributed by atoms with E-state index in [-0.39, 0.29) is 5.91 Å². The molecule has 1 aromatic rings. The van der Waals surface area contributed by atoms with Gasteiger partial charge >= 0.3 is 0 Å². The van der Waals surface area contributed by atoms with Crippen molar-refractivity contribution in [2.75, 3.05) is 47.4 Å². The molecule has 1 aliphatic rings. The minimum absolute atomic E-state index is 0.0352. The highest BCUT2D eigenvalue weighted by Gasteiger charge is 2.16. The molecule has 1 fully saturated rings. The number of rotatable bonds is 4. The van der Waals surface area contributed by atoms with Gasteiger partial charge in [0.05, 0.1) is 14.2 Å². The van der Waals surface area contributed by atoms with Crippen LogP contribution in [0, 0.1) is 0 Å². The number of carbonyl (C=O) groups excluding carboxylic acids is 1. The number of amides is 1. The molecule has 1 amide bonds. The van der Waals surface area contributed by atoms with Gasteiger partial charge in [0.25, 0.3) is 0 Å². The Labute approximate surface area is 125 Å². The van der Waals surface area contributed by atoms with E-state index in [4.69, 9.17) is 9.47 Å². The topological polar surface area (TPSA) is 42.0 Å². The van der Waals surface area contributed by atoms with Crippen LogP contribution in [-0.2, 0) is 4.79 Å². The van der Waals surface area contributed by atoms with Crippen molar-refractivity contribution in [1.82, 2.24) is 9.80 Å². The lowest BCUT2D eigenvalue weighted by Crippen LogP contribution is -2.46. The van der Waals surface area contributed by atoms with E-state index < -0.39 is 0 Å². The molecule has 1 aliphatic heterocycles. The summed E-state index contributed by atoms with van der Waals surface area (Å²) >= 11 is 0. The van der Waals surface area contributed by atoms with Crippen LogP contribution in [0.3, 0.4) is 0 Å². The van der Waals surface area contributed by atoms with Crippen LogP contribution in [0.2, 0.25) is 0 Å². The number of ether oxygens (including phenoxy) is 2. The fraction of sp³-hybridized carbons (Fsp3) is 0.438. The summed E-state index contributed by atoms with van der Waals surface area (Å²) in [5, 5.41) is 0. The van der Waals surface area contributed by atoms with Crippen molar-refractivity contribution in [3.8, 4) is 11.5 Å². The number of methoxy groups -OCH3 is 2. The van der Waals surface area contributed by atoms with Gasteiger partial charge < -0.3 is 19.3 Å². The maximum Gasteiger partial charge on any atom is 0.246 e. The lowest BCUT2D eigenvalue weighted by atomic mass is 10.1. The van der Waals surface area contributed by atoms with E-state index in [1.807, 2.05) is 23.1 Å². The van der Waals surface area contributed by atoms with Crippen LogP contribution < -0.4 is 9.47 Å². The van der Waals surface area contributed by atoms with Crippen LogP contribution in [0.25, 0.3) is 6.08 Å². The van der Waals surface area contributed by atoms with Crippen molar-refractivity contribution >= 4 is 12.0 Å². The van der Waals surface area contributed by atoms with Crippen molar-refractivity contribution in [2.45, 2.75) is 0 Å². The smallest absolute Gasteiger partial charge is 0.246 e. The summed E-state index contributed by atoms with van der Waals surface area (Å²) in [6.45, 7) is 3.38. The van der Waals surface area contributed by atoms with E-state index in [1.165, 1.54) is 0 Å². The molecule has 5 heteroatoms. The molecule has 0 N–H and O–H groups in total. The van der Waals surface area contributed by atoms with E-state index in [2.05, 4.69) is 11.9 Å². The zero-order chi connectivity index (χ0) is 15.2. The molecule has 0 unspecified atom stereocenters. The Morgan fingerprint density at radius 1 is 1.14 bits per heavy atom. The molecule has 0 spiro atoms. The molecule has 0 radical (unpaired) electrons. The number of carbonyl (C=O) groups is 1. The number of hydrogen-bond donors (Lipinski definition) is 0. The van der Waals surface area contributed by atoms with Gasteiger partial charge in [-0.05, 0) is 31.3 Å². The quantitative estimate of drug-likeness (QED) is 0.788. The number of likely N-dealkylation sites (N-methyl/N-ethyl adjacent to an activating group) is 1. The molecule has 0 atom stereocenters. The Balaban J connectivity index is 2.07. The summed E-state index contributed by atoms with van der Waals surface area (Å²) in [6, 6.07) is 5.52. The van der Waals surface area contributed by atoms with Crippen LogP contribution >= 0.6 is 0 Å². The first kappa shape index (κ1) is 15.4. The standard InChI is InChI=1S/C16H22N2O3/c1-17-8-10-18(11-9-17)16(19)7-4-13-12-14(20-2)5-6-15(13)21-3/h4-7,12H,8-11H2,1-3H3. The molecule has 21 heavy (non-hydrogen) atoms. The highest BCUT2D eigenvalue weighted by atomic mass is 16.5. The normalized spacial score (nSPS) is 16.2. The largest absolute Gasteiger partial charge is 0.497 e. The number of nitrogens with zero attached hydrogens (tertiary/aromatic N) is 2. The monoisotopic (exact) mass is 290 g/mol.